The van der Waals surface area contributed by atoms with Crippen LogP contribution in [0.1, 0.15) is 0 Å². The number of hydrogen-bond acceptors (Lipinski definition) is 12. The van der Waals surface area contributed by atoms with Crippen molar-refractivity contribution in [2.75, 3.05) is 7.11 Å². The average Bonchev–Trinajstić information content (AvgIpc) is 3.85. The molecule has 10 aromatic rings. The quantitative estimate of drug-likeness (QED) is 0.0490. The Morgan fingerprint density at radius 2 is 1.12 bits per heavy atom. The van der Waals surface area contributed by atoms with Crippen molar-refractivity contribution in [1.82, 2.24) is 19.5 Å². The Balaban J connectivity index is 1.28. The maximum atomic E-state index is 11.4. The molecule has 10 rings (SSSR count). The van der Waals surface area contributed by atoms with Crippen LogP contribution in [-0.2, 0) is 0 Å². The molecular weight excluding hydrogens is 763 g/mol. The fourth-order valence-electron chi connectivity index (χ4n) is 8.01. The average molecular weight is 795 g/mol. The van der Waals surface area contributed by atoms with E-state index in [1.165, 1.54) is 19.5 Å². The summed E-state index contributed by atoms with van der Waals surface area (Å²) in [6.45, 7) is 0. The standard InChI is InChI=1S/C46H31BN4O9/c1-59-29-13-7-5-12-25(29)28-20-23(51-35-32(37(52)41(56)39(54)34(35)47)33-36(51)40(55)43(58)42(57)38(33)53)16-18-27(28)46-49-44(21-9-3-2-4-10-21)48-45(50-46)22-15-17-26-24-11-6-8-14-30(24)60-31(26)19-22/h2-20,52-58H,47H2,1H3. The summed E-state index contributed by atoms with van der Waals surface area (Å²) in [5.74, 6) is -4.61. The largest absolute Gasteiger partial charge is 0.505 e. The molecule has 0 aliphatic heterocycles. The third kappa shape index (κ3) is 5.24. The second-order valence-electron chi connectivity index (χ2n) is 14.3. The molecule has 0 atom stereocenters. The molecule has 0 spiro atoms. The van der Waals surface area contributed by atoms with Crippen LogP contribution < -0.4 is 10.2 Å². The van der Waals surface area contributed by atoms with Crippen molar-refractivity contribution in [3.8, 4) is 97.0 Å². The molecule has 0 bridgehead atoms. The first-order valence-electron chi connectivity index (χ1n) is 18.6. The number of nitrogens with zero attached hydrogens (tertiary/aromatic N) is 4. The Bertz CT molecular complexity index is 3340. The number of furan rings is 1. The van der Waals surface area contributed by atoms with Crippen molar-refractivity contribution in [3.05, 3.63) is 115 Å². The zero-order chi connectivity index (χ0) is 41.6. The Morgan fingerprint density at radius 1 is 0.500 bits per heavy atom. The number of fused-ring (bicyclic) bond motifs is 6. The Hall–Kier alpha value is -8.39. The molecule has 0 unspecified atom stereocenters. The van der Waals surface area contributed by atoms with E-state index in [9.17, 15) is 35.7 Å². The van der Waals surface area contributed by atoms with Crippen molar-refractivity contribution in [2.45, 2.75) is 0 Å². The summed E-state index contributed by atoms with van der Waals surface area (Å²) in [5.41, 5.74) is 4.65. The number of hydrogen-bond donors (Lipinski definition) is 7. The molecular formula is C46H31BN4O9. The van der Waals surface area contributed by atoms with E-state index in [1.54, 1.807) is 24.3 Å². The van der Waals surface area contributed by atoms with Crippen molar-refractivity contribution in [2.24, 2.45) is 0 Å². The van der Waals surface area contributed by atoms with Gasteiger partial charge in [0, 0.05) is 38.7 Å². The molecule has 292 valence electrons. The molecule has 0 aliphatic carbocycles. The van der Waals surface area contributed by atoms with Gasteiger partial charge in [-0.2, -0.15) is 0 Å². The number of phenolic OH excluding ortho intramolecular Hbond substituents is 7. The predicted molar refractivity (Wildman–Crippen MR) is 230 cm³/mol. The third-order valence-corrected chi connectivity index (χ3v) is 10.9. The van der Waals surface area contributed by atoms with Gasteiger partial charge in [0.05, 0.1) is 23.4 Å². The van der Waals surface area contributed by atoms with Crippen LogP contribution in [0.4, 0.5) is 0 Å². The van der Waals surface area contributed by atoms with Gasteiger partial charge in [-0.05, 0) is 53.5 Å². The first-order chi connectivity index (χ1) is 29.0. The molecule has 60 heavy (non-hydrogen) atoms. The molecule has 0 aliphatic rings. The lowest BCUT2D eigenvalue weighted by molar-refractivity contribution is 0.350. The van der Waals surface area contributed by atoms with Crippen LogP contribution >= 0.6 is 0 Å². The van der Waals surface area contributed by atoms with E-state index in [4.69, 9.17) is 24.1 Å². The highest BCUT2D eigenvalue weighted by Crippen LogP contribution is 2.56. The Kier molecular flexibility index (Phi) is 8.01. The molecule has 13 nitrogen and oxygen atoms in total. The van der Waals surface area contributed by atoms with E-state index < -0.39 is 40.2 Å². The minimum atomic E-state index is -1.05. The Morgan fingerprint density at radius 3 is 1.88 bits per heavy atom. The van der Waals surface area contributed by atoms with Crippen LogP contribution in [-0.4, -0.2) is 70.2 Å². The number of phenols is 7. The first-order valence-corrected chi connectivity index (χ1v) is 18.6. The smallest absolute Gasteiger partial charge is 0.206 e. The lowest BCUT2D eigenvalue weighted by Crippen LogP contribution is -2.10. The molecule has 3 aromatic heterocycles. The number of ether oxygens (including phenoxy) is 1. The number of benzene rings is 7. The maximum absolute atomic E-state index is 11.4. The summed E-state index contributed by atoms with van der Waals surface area (Å²) in [4.78, 5) is 15.0. The summed E-state index contributed by atoms with van der Waals surface area (Å²) in [5, 5.41) is 78.3. The van der Waals surface area contributed by atoms with Crippen LogP contribution in [0.15, 0.2) is 120 Å². The summed E-state index contributed by atoms with van der Waals surface area (Å²) in [6, 6.07) is 35.5. The second kappa shape index (κ2) is 13.3. The zero-order valence-corrected chi connectivity index (χ0v) is 31.7. The molecule has 3 heterocycles. The van der Waals surface area contributed by atoms with Crippen molar-refractivity contribution in [3.63, 3.8) is 0 Å². The number of rotatable bonds is 6. The number of methoxy groups -OCH3 is 1. The van der Waals surface area contributed by atoms with E-state index in [1.807, 2.05) is 91.0 Å². The van der Waals surface area contributed by atoms with Crippen LogP contribution in [0.2, 0.25) is 0 Å². The summed E-state index contributed by atoms with van der Waals surface area (Å²) in [6.07, 6.45) is 0. The van der Waals surface area contributed by atoms with E-state index in [0.29, 0.717) is 50.9 Å². The van der Waals surface area contributed by atoms with E-state index >= 15 is 0 Å². The van der Waals surface area contributed by atoms with Crippen LogP contribution in [0.25, 0.3) is 94.7 Å². The summed E-state index contributed by atoms with van der Waals surface area (Å²) >= 11 is 0. The number of aromatic nitrogens is 4. The van der Waals surface area contributed by atoms with Crippen LogP contribution in [0.3, 0.4) is 0 Å². The number of aromatic hydroxyl groups is 7. The van der Waals surface area contributed by atoms with Crippen molar-refractivity contribution in [1.29, 1.82) is 0 Å². The highest BCUT2D eigenvalue weighted by atomic mass is 16.5. The summed E-state index contributed by atoms with van der Waals surface area (Å²) in [7, 11) is 3.01. The topological polar surface area (TPSA) is 208 Å². The minimum absolute atomic E-state index is 0.0434. The minimum Gasteiger partial charge on any atom is -0.505 e. The highest BCUT2D eigenvalue weighted by Gasteiger charge is 2.31. The van der Waals surface area contributed by atoms with Gasteiger partial charge in [-0.1, -0.05) is 72.8 Å². The molecule has 14 heteroatoms. The molecule has 0 saturated carbocycles. The van der Waals surface area contributed by atoms with Crippen LogP contribution in [0, 0.1) is 0 Å². The normalized spacial score (nSPS) is 11.6. The SMILES string of the molecule is Bc1c(O)c(O)c(O)c2c3c(O)c(O)c(O)c(O)c3n(-c3ccc(-c4nc(-c5ccccc5)nc(-c5ccc6c(c5)oc5ccccc56)n4)c(-c4ccccc4OC)c3)c12. The van der Waals surface area contributed by atoms with Gasteiger partial charge in [0.25, 0.3) is 0 Å². The van der Waals surface area contributed by atoms with Crippen molar-refractivity contribution >= 4 is 57.1 Å². The second-order valence-corrected chi connectivity index (χ2v) is 14.3. The molecule has 7 N–H and O–H groups in total. The lowest BCUT2D eigenvalue weighted by Gasteiger charge is -2.18. The summed E-state index contributed by atoms with van der Waals surface area (Å²) < 4.78 is 13.5. The monoisotopic (exact) mass is 794 g/mol. The Labute approximate surface area is 340 Å². The van der Waals surface area contributed by atoms with Gasteiger partial charge < -0.3 is 49.5 Å². The van der Waals surface area contributed by atoms with Crippen LogP contribution in [0.5, 0.6) is 46.0 Å². The van der Waals surface area contributed by atoms with Gasteiger partial charge in [-0.25, -0.2) is 15.0 Å². The van der Waals surface area contributed by atoms with Gasteiger partial charge in [0.15, 0.2) is 46.2 Å². The molecule has 0 fully saturated rings. The van der Waals surface area contributed by atoms with Gasteiger partial charge >= 0.3 is 0 Å². The zero-order valence-electron chi connectivity index (χ0n) is 31.7. The van der Waals surface area contributed by atoms with Crippen molar-refractivity contribution < 1.29 is 44.9 Å². The maximum Gasteiger partial charge on any atom is 0.206 e. The van der Waals surface area contributed by atoms with Gasteiger partial charge in [-0.3, -0.25) is 0 Å². The lowest BCUT2D eigenvalue weighted by atomic mass is 9.90. The fraction of sp³-hybridized carbons (Fsp3) is 0.0217. The van der Waals surface area contributed by atoms with E-state index in [2.05, 4.69) is 0 Å². The van der Waals surface area contributed by atoms with Gasteiger partial charge in [-0.15, -0.1) is 0 Å². The third-order valence-electron chi connectivity index (χ3n) is 10.9. The molecule has 0 saturated heterocycles. The molecule has 0 radical (unpaired) electrons. The molecule has 7 aromatic carbocycles. The van der Waals surface area contributed by atoms with Gasteiger partial charge in [0.1, 0.15) is 30.3 Å². The first kappa shape index (κ1) is 36.0. The van der Waals surface area contributed by atoms with E-state index in [0.717, 1.165) is 21.9 Å². The van der Waals surface area contributed by atoms with E-state index in [-0.39, 0.29) is 33.1 Å². The fourth-order valence-corrected chi connectivity index (χ4v) is 8.01. The highest BCUT2D eigenvalue weighted by molar-refractivity contribution is 6.43. The number of para-hydroxylation sites is 2. The molecule has 0 amide bonds. The predicted octanol–water partition coefficient (Wildman–Crippen LogP) is 7.74. The van der Waals surface area contributed by atoms with Gasteiger partial charge in [0.2, 0.25) is 11.5 Å².